The second-order valence-electron chi connectivity index (χ2n) is 5.30. The fraction of sp³-hybridized carbons (Fsp3) is 0.600. The molecule has 1 aromatic heterocycles. The number of hydrogen-bond acceptors (Lipinski definition) is 4. The highest BCUT2D eigenvalue weighted by atomic mass is 32.1. The van der Waals surface area contributed by atoms with Gasteiger partial charge in [0.15, 0.2) is 0 Å². The Morgan fingerprint density at radius 2 is 2.00 bits per heavy atom. The van der Waals surface area contributed by atoms with Gasteiger partial charge in [-0.1, -0.05) is 6.92 Å². The lowest BCUT2D eigenvalue weighted by Gasteiger charge is -2.21. The van der Waals surface area contributed by atoms with E-state index in [-0.39, 0.29) is 18.4 Å². The van der Waals surface area contributed by atoms with Crippen molar-refractivity contribution in [2.45, 2.75) is 26.8 Å². The summed E-state index contributed by atoms with van der Waals surface area (Å²) < 4.78 is 0. The van der Waals surface area contributed by atoms with Crippen molar-refractivity contribution in [1.29, 1.82) is 0 Å². The first-order chi connectivity index (χ1) is 9.93. The topological polar surface area (TPSA) is 52.7 Å². The van der Waals surface area contributed by atoms with Crippen LogP contribution in [0.4, 0.5) is 0 Å². The summed E-state index contributed by atoms with van der Waals surface area (Å²) in [7, 11) is 3.58. The van der Waals surface area contributed by atoms with Gasteiger partial charge in [-0.25, -0.2) is 0 Å². The smallest absolute Gasteiger partial charge is 0.239 e. The third-order valence-corrected chi connectivity index (χ3v) is 4.17. The summed E-state index contributed by atoms with van der Waals surface area (Å²) in [5.41, 5.74) is 1.26. The summed E-state index contributed by atoms with van der Waals surface area (Å²) in [5.74, 6) is -0.150. The van der Waals surface area contributed by atoms with Gasteiger partial charge in [-0.2, -0.15) is 0 Å². The number of rotatable bonds is 8. The molecule has 0 atom stereocenters. The molecule has 0 spiro atoms. The number of nitrogens with one attached hydrogen (secondary N) is 1. The summed E-state index contributed by atoms with van der Waals surface area (Å²) in [6, 6.07) is 2.08. The van der Waals surface area contributed by atoms with Gasteiger partial charge in [0.05, 0.1) is 13.1 Å². The lowest BCUT2D eigenvalue weighted by molar-refractivity contribution is -0.135. The Morgan fingerprint density at radius 3 is 2.57 bits per heavy atom. The van der Waals surface area contributed by atoms with Crippen LogP contribution in [-0.2, 0) is 16.1 Å². The maximum absolute atomic E-state index is 12.1. The van der Waals surface area contributed by atoms with E-state index in [1.807, 2.05) is 18.9 Å². The van der Waals surface area contributed by atoms with Gasteiger partial charge < -0.3 is 10.2 Å². The van der Waals surface area contributed by atoms with E-state index < -0.39 is 0 Å². The Bertz CT molecular complexity index is 473. The molecule has 118 valence electrons. The van der Waals surface area contributed by atoms with E-state index in [1.165, 1.54) is 15.3 Å². The van der Waals surface area contributed by atoms with Crippen molar-refractivity contribution in [1.82, 2.24) is 15.1 Å². The standard InChI is InChI=1S/C15H25N3O2S/c1-5-7-16-14(19)10-18(4)15(20)11-17(3)9-13-12(2)6-8-21-13/h6,8H,5,7,9-11H2,1-4H3,(H,16,19). The van der Waals surface area contributed by atoms with Gasteiger partial charge >= 0.3 is 0 Å². The maximum Gasteiger partial charge on any atom is 0.239 e. The second kappa shape index (κ2) is 8.79. The van der Waals surface area contributed by atoms with E-state index in [2.05, 4.69) is 23.7 Å². The molecule has 0 aliphatic heterocycles. The van der Waals surface area contributed by atoms with E-state index in [1.54, 1.807) is 18.4 Å². The fourth-order valence-electron chi connectivity index (χ4n) is 1.84. The first-order valence-electron chi connectivity index (χ1n) is 7.16. The van der Waals surface area contributed by atoms with Crippen LogP contribution in [0.2, 0.25) is 0 Å². The summed E-state index contributed by atoms with van der Waals surface area (Å²) in [5, 5.41) is 4.83. The monoisotopic (exact) mass is 311 g/mol. The Balaban J connectivity index is 2.37. The molecule has 0 unspecified atom stereocenters. The van der Waals surface area contributed by atoms with Crippen LogP contribution in [0.5, 0.6) is 0 Å². The summed E-state index contributed by atoms with van der Waals surface area (Å²) in [6.07, 6.45) is 0.895. The lowest BCUT2D eigenvalue weighted by atomic mass is 10.3. The Hall–Kier alpha value is -1.40. The zero-order valence-corrected chi connectivity index (χ0v) is 14.1. The normalized spacial score (nSPS) is 10.7. The van der Waals surface area contributed by atoms with Crippen LogP contribution in [0.3, 0.4) is 0 Å². The molecule has 0 saturated heterocycles. The van der Waals surface area contributed by atoms with Crippen molar-refractivity contribution < 1.29 is 9.59 Å². The van der Waals surface area contributed by atoms with Crippen molar-refractivity contribution >= 4 is 23.2 Å². The van der Waals surface area contributed by atoms with E-state index in [0.717, 1.165) is 13.0 Å². The molecule has 0 aromatic carbocycles. The number of hydrogen-bond donors (Lipinski definition) is 1. The molecule has 0 saturated carbocycles. The predicted molar refractivity (Wildman–Crippen MR) is 86.3 cm³/mol. The largest absolute Gasteiger partial charge is 0.355 e. The van der Waals surface area contributed by atoms with E-state index in [0.29, 0.717) is 13.1 Å². The number of thiophene rings is 1. The Labute approximate surface area is 130 Å². The molecule has 0 bridgehead atoms. The number of aryl methyl sites for hydroxylation is 1. The van der Waals surface area contributed by atoms with Crippen LogP contribution < -0.4 is 5.32 Å². The van der Waals surface area contributed by atoms with E-state index in [9.17, 15) is 9.59 Å². The number of likely N-dealkylation sites (N-methyl/N-ethyl adjacent to an activating group) is 2. The molecule has 1 N–H and O–H groups in total. The van der Waals surface area contributed by atoms with Crippen LogP contribution in [0, 0.1) is 6.92 Å². The zero-order chi connectivity index (χ0) is 15.8. The highest BCUT2D eigenvalue weighted by Crippen LogP contribution is 2.17. The molecule has 0 aliphatic carbocycles. The molecule has 6 heteroatoms. The van der Waals surface area contributed by atoms with Crippen LogP contribution >= 0.6 is 11.3 Å². The molecule has 0 aliphatic rings. The molecular weight excluding hydrogens is 286 g/mol. The third kappa shape index (κ3) is 6.27. The highest BCUT2D eigenvalue weighted by Gasteiger charge is 2.15. The molecule has 1 heterocycles. The predicted octanol–water partition coefficient (Wildman–Crippen LogP) is 1.47. The van der Waals surface area contributed by atoms with Gasteiger partial charge in [-0.15, -0.1) is 11.3 Å². The molecule has 0 fully saturated rings. The summed E-state index contributed by atoms with van der Waals surface area (Å²) in [4.78, 5) is 28.4. The summed E-state index contributed by atoms with van der Waals surface area (Å²) in [6.45, 7) is 5.91. The van der Waals surface area contributed by atoms with Crippen molar-refractivity contribution in [2.24, 2.45) is 0 Å². The van der Waals surface area contributed by atoms with Gasteiger partial charge in [-0.05, 0) is 37.4 Å². The molecule has 1 aromatic rings. The molecule has 5 nitrogen and oxygen atoms in total. The van der Waals surface area contributed by atoms with Gasteiger partial charge in [0, 0.05) is 25.0 Å². The highest BCUT2D eigenvalue weighted by molar-refractivity contribution is 7.10. The first kappa shape index (κ1) is 17.7. The van der Waals surface area contributed by atoms with E-state index >= 15 is 0 Å². The molecule has 2 amide bonds. The van der Waals surface area contributed by atoms with Gasteiger partial charge in [0.2, 0.25) is 11.8 Å². The minimum atomic E-state index is -0.107. The first-order valence-corrected chi connectivity index (χ1v) is 8.04. The van der Waals surface area contributed by atoms with Crippen molar-refractivity contribution in [3.8, 4) is 0 Å². The van der Waals surface area contributed by atoms with Crippen molar-refractivity contribution in [3.05, 3.63) is 21.9 Å². The number of carbonyl (C=O) groups is 2. The minimum absolute atomic E-state index is 0.0432. The zero-order valence-electron chi connectivity index (χ0n) is 13.3. The van der Waals surface area contributed by atoms with Crippen LogP contribution in [-0.4, -0.2) is 55.3 Å². The maximum atomic E-state index is 12.1. The quantitative estimate of drug-likeness (QED) is 0.791. The van der Waals surface area contributed by atoms with Crippen molar-refractivity contribution in [2.75, 3.05) is 33.7 Å². The lowest BCUT2D eigenvalue weighted by Crippen LogP contribution is -2.42. The molecule has 0 radical (unpaired) electrons. The summed E-state index contributed by atoms with van der Waals surface area (Å²) >= 11 is 1.70. The minimum Gasteiger partial charge on any atom is -0.355 e. The van der Waals surface area contributed by atoms with Gasteiger partial charge in [0.25, 0.3) is 0 Å². The average molecular weight is 311 g/mol. The molecular formula is C15H25N3O2S. The van der Waals surface area contributed by atoms with Gasteiger partial charge in [-0.3, -0.25) is 14.5 Å². The molecule has 21 heavy (non-hydrogen) atoms. The SMILES string of the molecule is CCCNC(=O)CN(C)C(=O)CN(C)Cc1sccc1C. The van der Waals surface area contributed by atoms with Gasteiger partial charge in [0.1, 0.15) is 0 Å². The van der Waals surface area contributed by atoms with Crippen LogP contribution in [0.15, 0.2) is 11.4 Å². The average Bonchev–Trinajstić information content (AvgIpc) is 2.81. The third-order valence-electron chi connectivity index (χ3n) is 3.17. The Kier molecular flexibility index (Phi) is 7.39. The van der Waals surface area contributed by atoms with Crippen LogP contribution in [0.25, 0.3) is 0 Å². The molecule has 1 rings (SSSR count). The van der Waals surface area contributed by atoms with Crippen LogP contribution in [0.1, 0.15) is 23.8 Å². The number of nitrogens with zero attached hydrogens (tertiary/aromatic N) is 2. The van der Waals surface area contributed by atoms with E-state index in [4.69, 9.17) is 0 Å². The number of carbonyl (C=O) groups excluding carboxylic acids is 2. The fourth-order valence-corrected chi connectivity index (χ4v) is 2.83. The van der Waals surface area contributed by atoms with Crippen molar-refractivity contribution in [3.63, 3.8) is 0 Å². The number of amides is 2. The second-order valence-corrected chi connectivity index (χ2v) is 6.30. The Morgan fingerprint density at radius 1 is 1.29 bits per heavy atom.